The van der Waals surface area contributed by atoms with E-state index in [1.165, 1.54) is 22.3 Å². The van der Waals surface area contributed by atoms with E-state index in [1.54, 1.807) is 6.20 Å². The average Bonchev–Trinajstić information content (AvgIpc) is 2.70. The lowest BCUT2D eigenvalue weighted by atomic mass is 9.94. The highest BCUT2D eigenvalue weighted by atomic mass is 35.5. The normalized spacial score (nSPS) is 14.7. The molecule has 0 saturated carbocycles. The smallest absolute Gasteiger partial charge is 0.0694 e. The molecule has 2 aromatic carbocycles. The number of rotatable bonds is 3. The molecule has 4 rings (SSSR count). The standard InChI is InChI=1S/C23H20N2.2ClH/c1-2-6-19(7-3-1)20-12-10-18(11-13-20)16-21-8-5-15-25-23(21)22-9-4-14-24-17-22;;/h1-4,6-7,9-14,16-17H,5,8,15H2;2*1H. The van der Waals surface area contributed by atoms with Gasteiger partial charge in [-0.2, -0.15) is 0 Å². The SMILES string of the molecule is C(=C1CCCN=C1c1cccnc1)c1ccc(-c2ccccc2)cc1.Cl.Cl. The molecule has 3 aromatic rings. The molecular weight excluding hydrogens is 375 g/mol. The summed E-state index contributed by atoms with van der Waals surface area (Å²) < 4.78 is 0. The molecule has 1 aliphatic rings. The van der Waals surface area contributed by atoms with E-state index >= 15 is 0 Å². The van der Waals surface area contributed by atoms with Crippen LogP contribution >= 0.6 is 24.8 Å². The first-order valence-corrected chi connectivity index (χ1v) is 8.71. The van der Waals surface area contributed by atoms with Gasteiger partial charge in [0.2, 0.25) is 0 Å². The Morgan fingerprint density at radius 1 is 0.741 bits per heavy atom. The van der Waals surface area contributed by atoms with Crippen molar-refractivity contribution in [3.05, 3.63) is 95.8 Å². The van der Waals surface area contributed by atoms with E-state index in [0.717, 1.165) is 30.7 Å². The first-order chi connectivity index (χ1) is 12.4. The quantitative estimate of drug-likeness (QED) is 0.512. The second-order valence-electron chi connectivity index (χ2n) is 6.23. The fourth-order valence-electron chi connectivity index (χ4n) is 3.20. The highest BCUT2D eigenvalue weighted by Gasteiger charge is 2.14. The van der Waals surface area contributed by atoms with Gasteiger partial charge in [-0.3, -0.25) is 9.98 Å². The van der Waals surface area contributed by atoms with E-state index in [2.05, 4.69) is 65.7 Å². The van der Waals surface area contributed by atoms with Crippen LogP contribution in [-0.2, 0) is 0 Å². The topological polar surface area (TPSA) is 25.2 Å². The predicted octanol–water partition coefficient (Wildman–Crippen LogP) is 6.26. The number of nitrogens with zero attached hydrogens (tertiary/aromatic N) is 2. The van der Waals surface area contributed by atoms with E-state index < -0.39 is 0 Å². The Bertz CT molecular complexity index is 902. The molecule has 1 aromatic heterocycles. The zero-order chi connectivity index (χ0) is 16.9. The monoisotopic (exact) mass is 396 g/mol. The molecule has 0 atom stereocenters. The molecule has 1 aliphatic heterocycles. The van der Waals surface area contributed by atoms with Crippen LogP contribution in [0, 0.1) is 0 Å². The van der Waals surface area contributed by atoms with E-state index in [0.29, 0.717) is 0 Å². The maximum atomic E-state index is 4.75. The second-order valence-corrected chi connectivity index (χ2v) is 6.23. The van der Waals surface area contributed by atoms with Crippen LogP contribution in [0.25, 0.3) is 17.2 Å². The fourth-order valence-corrected chi connectivity index (χ4v) is 3.20. The minimum absolute atomic E-state index is 0. The molecule has 0 radical (unpaired) electrons. The fraction of sp³-hybridized carbons (Fsp3) is 0.130. The molecule has 2 nitrogen and oxygen atoms in total. The van der Waals surface area contributed by atoms with Crippen LogP contribution in [0.1, 0.15) is 24.0 Å². The van der Waals surface area contributed by atoms with Gasteiger partial charge in [-0.05, 0) is 53.3 Å². The van der Waals surface area contributed by atoms with Gasteiger partial charge in [0.1, 0.15) is 0 Å². The van der Waals surface area contributed by atoms with Crippen molar-refractivity contribution < 1.29 is 0 Å². The largest absolute Gasteiger partial charge is 0.284 e. The molecule has 138 valence electrons. The highest BCUT2D eigenvalue weighted by Crippen LogP contribution is 2.24. The molecule has 0 aliphatic carbocycles. The van der Waals surface area contributed by atoms with Crippen LogP contribution in [0.3, 0.4) is 0 Å². The Kier molecular flexibility index (Phi) is 7.78. The van der Waals surface area contributed by atoms with Gasteiger partial charge in [0.25, 0.3) is 0 Å². The van der Waals surface area contributed by atoms with Crippen molar-refractivity contribution in [3.63, 3.8) is 0 Å². The van der Waals surface area contributed by atoms with Gasteiger partial charge in [-0.15, -0.1) is 24.8 Å². The van der Waals surface area contributed by atoms with Gasteiger partial charge in [-0.1, -0.05) is 54.6 Å². The molecule has 0 saturated heterocycles. The van der Waals surface area contributed by atoms with Crippen molar-refractivity contribution in [2.75, 3.05) is 6.54 Å². The summed E-state index contributed by atoms with van der Waals surface area (Å²) in [5.74, 6) is 0. The number of aliphatic imine (C=N–C) groups is 1. The van der Waals surface area contributed by atoms with Crippen LogP contribution in [0.4, 0.5) is 0 Å². The molecule has 27 heavy (non-hydrogen) atoms. The van der Waals surface area contributed by atoms with Crippen LogP contribution in [0.2, 0.25) is 0 Å². The average molecular weight is 397 g/mol. The summed E-state index contributed by atoms with van der Waals surface area (Å²) in [4.78, 5) is 8.99. The summed E-state index contributed by atoms with van der Waals surface area (Å²) in [6.07, 6.45) is 8.14. The van der Waals surface area contributed by atoms with Crippen LogP contribution < -0.4 is 0 Å². The lowest BCUT2D eigenvalue weighted by Crippen LogP contribution is -2.11. The summed E-state index contributed by atoms with van der Waals surface area (Å²) in [6.45, 7) is 0.897. The molecule has 0 amide bonds. The van der Waals surface area contributed by atoms with E-state index in [4.69, 9.17) is 4.99 Å². The number of pyridine rings is 1. The van der Waals surface area contributed by atoms with Crippen LogP contribution in [0.15, 0.2) is 89.7 Å². The summed E-state index contributed by atoms with van der Waals surface area (Å²) in [5, 5.41) is 0. The summed E-state index contributed by atoms with van der Waals surface area (Å²) in [5.41, 5.74) is 7.20. The van der Waals surface area contributed by atoms with Crippen LogP contribution in [0.5, 0.6) is 0 Å². The first kappa shape index (κ1) is 20.9. The number of hydrogen-bond acceptors (Lipinski definition) is 2. The second kappa shape index (κ2) is 10.1. The zero-order valence-corrected chi connectivity index (χ0v) is 16.5. The molecule has 2 heterocycles. The van der Waals surface area contributed by atoms with Crippen molar-refractivity contribution >= 4 is 36.6 Å². The molecule has 0 bridgehead atoms. The lowest BCUT2D eigenvalue weighted by Gasteiger charge is -2.16. The third-order valence-electron chi connectivity index (χ3n) is 4.47. The maximum Gasteiger partial charge on any atom is 0.0694 e. The Balaban J connectivity index is 0.00000131. The van der Waals surface area contributed by atoms with Gasteiger partial charge >= 0.3 is 0 Å². The number of halogens is 2. The lowest BCUT2D eigenvalue weighted by molar-refractivity contribution is 0.818. The zero-order valence-electron chi connectivity index (χ0n) is 14.9. The first-order valence-electron chi connectivity index (χ1n) is 8.71. The molecule has 0 unspecified atom stereocenters. The number of hydrogen-bond donors (Lipinski definition) is 0. The third-order valence-corrected chi connectivity index (χ3v) is 4.47. The highest BCUT2D eigenvalue weighted by molar-refractivity contribution is 6.15. The van der Waals surface area contributed by atoms with Gasteiger partial charge in [0, 0.05) is 24.5 Å². The molecular formula is C23H22Cl2N2. The van der Waals surface area contributed by atoms with E-state index in [9.17, 15) is 0 Å². The summed E-state index contributed by atoms with van der Waals surface area (Å²) >= 11 is 0. The molecule has 0 N–H and O–H groups in total. The summed E-state index contributed by atoms with van der Waals surface area (Å²) in [7, 11) is 0. The van der Waals surface area contributed by atoms with Crippen molar-refractivity contribution in [3.8, 4) is 11.1 Å². The third kappa shape index (κ3) is 5.06. The Labute approximate surface area is 172 Å². The maximum absolute atomic E-state index is 4.75. The Morgan fingerprint density at radius 2 is 1.44 bits per heavy atom. The minimum Gasteiger partial charge on any atom is -0.284 e. The van der Waals surface area contributed by atoms with Crippen molar-refractivity contribution in [1.29, 1.82) is 0 Å². The minimum atomic E-state index is 0. The number of aromatic nitrogens is 1. The van der Waals surface area contributed by atoms with Gasteiger partial charge in [-0.25, -0.2) is 0 Å². The number of benzene rings is 2. The van der Waals surface area contributed by atoms with Gasteiger partial charge < -0.3 is 0 Å². The summed E-state index contributed by atoms with van der Waals surface area (Å²) in [6, 6.07) is 23.3. The van der Waals surface area contributed by atoms with Crippen molar-refractivity contribution in [1.82, 2.24) is 4.98 Å². The Morgan fingerprint density at radius 3 is 2.15 bits per heavy atom. The molecule has 0 spiro atoms. The van der Waals surface area contributed by atoms with Gasteiger partial charge in [0.05, 0.1) is 5.71 Å². The van der Waals surface area contributed by atoms with Crippen molar-refractivity contribution in [2.24, 2.45) is 4.99 Å². The predicted molar refractivity (Wildman–Crippen MR) is 119 cm³/mol. The van der Waals surface area contributed by atoms with E-state index in [-0.39, 0.29) is 24.8 Å². The molecule has 4 heteroatoms. The molecule has 0 fully saturated rings. The Hall–Kier alpha value is -2.42. The van der Waals surface area contributed by atoms with Crippen molar-refractivity contribution in [2.45, 2.75) is 12.8 Å². The number of allylic oxidation sites excluding steroid dienone is 1. The van der Waals surface area contributed by atoms with Crippen LogP contribution in [-0.4, -0.2) is 17.2 Å². The van der Waals surface area contributed by atoms with Gasteiger partial charge in [0.15, 0.2) is 0 Å². The van der Waals surface area contributed by atoms with E-state index in [1.807, 2.05) is 18.3 Å².